The van der Waals surface area contributed by atoms with Crippen molar-refractivity contribution in [3.63, 3.8) is 0 Å². The van der Waals surface area contributed by atoms with Crippen LogP contribution < -0.4 is 11.5 Å². The Kier molecular flexibility index (Phi) is 23.0. The Bertz CT molecular complexity index is 220. The van der Waals surface area contributed by atoms with Crippen LogP contribution >= 0.6 is 0 Å². The fraction of sp³-hybridized carbons (Fsp3) is 0.857. The summed E-state index contributed by atoms with van der Waals surface area (Å²) in [6, 6.07) is 0. The first kappa shape index (κ1) is 22.9. The van der Waals surface area contributed by atoms with Crippen molar-refractivity contribution in [2.45, 2.75) is 60.3 Å². The van der Waals surface area contributed by atoms with E-state index in [2.05, 4.69) is 23.8 Å². The fourth-order valence-electron chi connectivity index (χ4n) is 0.915. The minimum atomic E-state index is 0.197. The van der Waals surface area contributed by atoms with Crippen LogP contribution in [0.4, 0.5) is 0 Å². The second-order valence-corrected chi connectivity index (χ2v) is 3.77. The maximum Gasteiger partial charge on any atom is 0.218 e. The van der Waals surface area contributed by atoms with Gasteiger partial charge in [0.1, 0.15) is 0 Å². The highest BCUT2D eigenvalue weighted by Gasteiger charge is 1.97. The lowest BCUT2D eigenvalue weighted by atomic mass is 10.2. The van der Waals surface area contributed by atoms with Crippen LogP contribution in [0.25, 0.3) is 0 Å². The Morgan fingerprint density at radius 2 is 1.42 bits per heavy atom. The number of nitrogens with two attached hydrogens (primary N) is 2. The van der Waals surface area contributed by atoms with Gasteiger partial charge in [-0.05, 0) is 6.92 Å². The minimum absolute atomic E-state index is 0.197. The largest absolute Gasteiger partial charge is 0.369 e. The zero-order valence-electron chi connectivity index (χ0n) is 14.0. The average molecular weight is 273 g/mol. The highest BCUT2D eigenvalue weighted by Crippen LogP contribution is 1.95. The first-order valence-corrected chi connectivity index (χ1v) is 7.30. The molecule has 0 aromatic heterocycles. The zero-order valence-corrected chi connectivity index (χ0v) is 14.0. The molecular formula is C14H35N5. The quantitative estimate of drug-likeness (QED) is 0.469. The van der Waals surface area contributed by atoms with Gasteiger partial charge in [0.2, 0.25) is 5.96 Å². The molecule has 0 heterocycles. The van der Waals surface area contributed by atoms with Crippen molar-refractivity contribution in [2.75, 3.05) is 20.6 Å². The molecule has 0 atom stereocenters. The number of aliphatic imine (C=N–C) groups is 2. The van der Waals surface area contributed by atoms with E-state index in [4.69, 9.17) is 11.5 Å². The SMILES string of the molecule is CC.CCCCCC.CCN(C)/C(N)=N/C(N)=NC. The Morgan fingerprint density at radius 1 is 1.00 bits per heavy atom. The molecule has 0 rings (SSSR count). The summed E-state index contributed by atoms with van der Waals surface area (Å²) in [5, 5.41) is 0. The van der Waals surface area contributed by atoms with Crippen LogP contribution in [-0.4, -0.2) is 37.5 Å². The number of hydrogen-bond donors (Lipinski definition) is 2. The van der Waals surface area contributed by atoms with E-state index in [0.29, 0.717) is 5.96 Å². The Labute approximate surface area is 120 Å². The number of nitrogens with zero attached hydrogens (tertiary/aromatic N) is 3. The molecule has 0 saturated carbocycles. The number of hydrogen-bond acceptors (Lipinski definition) is 1. The Hall–Kier alpha value is -1.26. The standard InChI is InChI=1S/C6H15N5.C6H14.C2H6/c1-4-11(3)6(8)10-5(7)9-2;1-3-5-6-4-2;1-2/h4H2,1-3H3,(H4,7,8,9,10);3-6H2,1-2H3;1-2H3. The summed E-state index contributed by atoms with van der Waals surface area (Å²) >= 11 is 0. The lowest BCUT2D eigenvalue weighted by Crippen LogP contribution is -2.35. The molecule has 5 nitrogen and oxygen atoms in total. The summed E-state index contributed by atoms with van der Waals surface area (Å²) < 4.78 is 0. The van der Waals surface area contributed by atoms with Crippen molar-refractivity contribution in [3.05, 3.63) is 0 Å². The minimum Gasteiger partial charge on any atom is -0.369 e. The molecule has 0 saturated heterocycles. The summed E-state index contributed by atoms with van der Waals surface area (Å²) in [5.41, 5.74) is 10.8. The summed E-state index contributed by atoms with van der Waals surface area (Å²) in [6.07, 6.45) is 5.54. The molecule has 0 aliphatic rings. The van der Waals surface area contributed by atoms with E-state index in [0.717, 1.165) is 6.54 Å². The molecule has 0 spiro atoms. The molecule has 0 fully saturated rings. The van der Waals surface area contributed by atoms with Crippen molar-refractivity contribution in [1.29, 1.82) is 0 Å². The third-order valence-corrected chi connectivity index (χ3v) is 2.28. The van der Waals surface area contributed by atoms with Gasteiger partial charge >= 0.3 is 0 Å². The number of guanidine groups is 2. The lowest BCUT2D eigenvalue weighted by molar-refractivity contribution is 0.530. The van der Waals surface area contributed by atoms with Gasteiger partial charge in [-0.3, -0.25) is 4.99 Å². The van der Waals surface area contributed by atoms with Gasteiger partial charge in [0.15, 0.2) is 5.96 Å². The summed E-state index contributed by atoms with van der Waals surface area (Å²) in [7, 11) is 3.40. The molecule has 0 amide bonds. The predicted molar refractivity (Wildman–Crippen MR) is 88.6 cm³/mol. The average Bonchev–Trinajstić information content (AvgIpc) is 2.46. The maximum absolute atomic E-state index is 5.52. The zero-order chi connectivity index (χ0) is 15.7. The molecule has 0 radical (unpaired) electrons. The van der Waals surface area contributed by atoms with Crippen LogP contribution in [-0.2, 0) is 0 Å². The van der Waals surface area contributed by atoms with Crippen LogP contribution in [0.3, 0.4) is 0 Å². The molecule has 116 valence electrons. The highest BCUT2D eigenvalue weighted by molar-refractivity contribution is 5.93. The molecule has 4 N–H and O–H groups in total. The fourth-order valence-corrected chi connectivity index (χ4v) is 0.915. The van der Waals surface area contributed by atoms with Crippen LogP contribution in [0.15, 0.2) is 9.98 Å². The molecule has 0 aliphatic heterocycles. The number of unbranched alkanes of at least 4 members (excludes halogenated alkanes) is 3. The van der Waals surface area contributed by atoms with E-state index < -0.39 is 0 Å². The molecule has 19 heavy (non-hydrogen) atoms. The molecule has 0 aromatic rings. The van der Waals surface area contributed by atoms with Crippen molar-refractivity contribution in [2.24, 2.45) is 21.5 Å². The topological polar surface area (TPSA) is 80.0 Å². The normalized spacial score (nSPS) is 10.9. The van der Waals surface area contributed by atoms with Crippen molar-refractivity contribution in [3.8, 4) is 0 Å². The molecular weight excluding hydrogens is 238 g/mol. The molecule has 0 aromatic carbocycles. The number of rotatable bonds is 4. The van der Waals surface area contributed by atoms with Gasteiger partial charge in [0.25, 0.3) is 0 Å². The van der Waals surface area contributed by atoms with E-state index in [1.54, 1.807) is 11.9 Å². The van der Waals surface area contributed by atoms with E-state index in [-0.39, 0.29) is 5.96 Å². The van der Waals surface area contributed by atoms with Crippen LogP contribution in [0, 0.1) is 0 Å². The third kappa shape index (κ3) is 19.3. The summed E-state index contributed by atoms with van der Waals surface area (Å²) in [4.78, 5) is 9.24. The molecule has 0 bridgehead atoms. The Morgan fingerprint density at radius 3 is 1.68 bits per heavy atom. The van der Waals surface area contributed by atoms with Gasteiger partial charge in [-0.2, -0.15) is 4.99 Å². The summed E-state index contributed by atoms with van der Waals surface area (Å²) in [5.74, 6) is 0.582. The predicted octanol–water partition coefficient (Wildman–Crippen LogP) is 2.81. The Balaban J connectivity index is -0.000000271. The second-order valence-electron chi connectivity index (χ2n) is 3.77. The van der Waals surface area contributed by atoms with E-state index in [1.165, 1.54) is 25.7 Å². The van der Waals surface area contributed by atoms with Gasteiger partial charge in [-0.15, -0.1) is 0 Å². The maximum atomic E-state index is 5.52. The first-order valence-electron chi connectivity index (χ1n) is 7.30. The summed E-state index contributed by atoms with van der Waals surface area (Å²) in [6.45, 7) is 11.2. The van der Waals surface area contributed by atoms with Crippen molar-refractivity contribution < 1.29 is 0 Å². The van der Waals surface area contributed by atoms with Crippen LogP contribution in [0.5, 0.6) is 0 Å². The van der Waals surface area contributed by atoms with Gasteiger partial charge in [-0.1, -0.05) is 53.4 Å². The van der Waals surface area contributed by atoms with Crippen LogP contribution in [0.1, 0.15) is 60.3 Å². The first-order chi connectivity index (χ1) is 9.03. The smallest absolute Gasteiger partial charge is 0.218 e. The molecule has 5 heteroatoms. The van der Waals surface area contributed by atoms with E-state index in [9.17, 15) is 0 Å². The van der Waals surface area contributed by atoms with Crippen molar-refractivity contribution in [1.82, 2.24) is 4.90 Å². The van der Waals surface area contributed by atoms with Crippen molar-refractivity contribution >= 4 is 11.9 Å². The van der Waals surface area contributed by atoms with Gasteiger partial charge in [0, 0.05) is 20.6 Å². The van der Waals surface area contributed by atoms with Gasteiger partial charge in [-0.25, -0.2) is 0 Å². The van der Waals surface area contributed by atoms with Crippen LogP contribution in [0.2, 0.25) is 0 Å². The van der Waals surface area contributed by atoms with E-state index in [1.807, 2.05) is 27.8 Å². The second kappa shape index (κ2) is 19.1. The highest BCUT2D eigenvalue weighted by atomic mass is 15.2. The lowest BCUT2D eigenvalue weighted by Gasteiger charge is -2.14. The van der Waals surface area contributed by atoms with E-state index >= 15 is 0 Å². The monoisotopic (exact) mass is 273 g/mol. The molecule has 0 aliphatic carbocycles. The van der Waals surface area contributed by atoms with Gasteiger partial charge < -0.3 is 16.4 Å². The third-order valence-electron chi connectivity index (χ3n) is 2.28. The van der Waals surface area contributed by atoms with Gasteiger partial charge in [0.05, 0.1) is 0 Å². The molecule has 0 unspecified atom stereocenters.